The third-order valence-corrected chi connectivity index (χ3v) is 3.30. The third-order valence-electron chi connectivity index (χ3n) is 2.48. The molecule has 0 amide bonds. The zero-order valence-corrected chi connectivity index (χ0v) is 10.4. The van der Waals surface area contributed by atoms with E-state index in [1.165, 1.54) is 0 Å². The first kappa shape index (κ1) is 11.0. The molecule has 2 N–H and O–H groups in total. The van der Waals surface area contributed by atoms with Crippen molar-refractivity contribution in [1.29, 1.82) is 0 Å². The van der Waals surface area contributed by atoms with Gasteiger partial charge in [0, 0.05) is 16.6 Å². The second kappa shape index (κ2) is 4.17. The molecule has 84 valence electrons. The van der Waals surface area contributed by atoms with Crippen molar-refractivity contribution in [2.24, 2.45) is 0 Å². The molecule has 0 fully saturated rings. The summed E-state index contributed by atoms with van der Waals surface area (Å²) in [7, 11) is 0. The monoisotopic (exact) mass is 234 g/mol. The highest BCUT2D eigenvalue weighted by atomic mass is 32.1. The number of nitrogen functional groups attached to an aromatic ring is 1. The second-order valence-corrected chi connectivity index (χ2v) is 4.83. The Kier molecular flexibility index (Phi) is 2.87. The van der Waals surface area contributed by atoms with Crippen LogP contribution >= 0.6 is 11.3 Å². The van der Waals surface area contributed by atoms with Gasteiger partial charge in [-0.2, -0.15) is 0 Å². The summed E-state index contributed by atoms with van der Waals surface area (Å²) in [6, 6.07) is 0. The Hall–Kier alpha value is -1.49. The van der Waals surface area contributed by atoms with E-state index in [9.17, 15) is 0 Å². The summed E-state index contributed by atoms with van der Waals surface area (Å²) in [5.41, 5.74) is 8.71. The average Bonchev–Trinajstić information content (AvgIpc) is 2.60. The molecular weight excluding hydrogens is 220 g/mol. The van der Waals surface area contributed by atoms with Gasteiger partial charge < -0.3 is 5.73 Å². The standard InChI is InChI=1S/C11H14N4S/c1-6-7(2)13-10(15-11(6)12)4-9-5-16-8(3)14-9/h5H,4H2,1-3H3,(H2,12,13,15). The van der Waals surface area contributed by atoms with Crippen LogP contribution in [0.2, 0.25) is 0 Å². The quantitative estimate of drug-likeness (QED) is 0.863. The number of rotatable bonds is 2. The molecule has 0 spiro atoms. The van der Waals surface area contributed by atoms with Crippen molar-refractivity contribution in [2.45, 2.75) is 27.2 Å². The molecule has 0 aliphatic carbocycles. The van der Waals surface area contributed by atoms with Gasteiger partial charge in [0.25, 0.3) is 0 Å². The van der Waals surface area contributed by atoms with Gasteiger partial charge in [0.15, 0.2) is 0 Å². The number of aryl methyl sites for hydroxylation is 2. The number of anilines is 1. The van der Waals surface area contributed by atoms with Crippen LogP contribution in [0.1, 0.15) is 27.8 Å². The lowest BCUT2D eigenvalue weighted by Crippen LogP contribution is -2.05. The van der Waals surface area contributed by atoms with E-state index in [4.69, 9.17) is 5.73 Å². The molecule has 0 atom stereocenters. The van der Waals surface area contributed by atoms with Gasteiger partial charge in [-0.3, -0.25) is 0 Å². The molecular formula is C11H14N4S. The zero-order chi connectivity index (χ0) is 11.7. The number of nitrogens with two attached hydrogens (primary N) is 1. The average molecular weight is 234 g/mol. The van der Waals surface area contributed by atoms with Crippen LogP contribution in [-0.2, 0) is 6.42 Å². The Morgan fingerprint density at radius 3 is 2.50 bits per heavy atom. The summed E-state index contributed by atoms with van der Waals surface area (Å²) in [5, 5.41) is 3.09. The first-order valence-electron chi connectivity index (χ1n) is 5.07. The summed E-state index contributed by atoms with van der Waals surface area (Å²) in [6.45, 7) is 5.87. The van der Waals surface area contributed by atoms with Crippen molar-refractivity contribution < 1.29 is 0 Å². The fraction of sp³-hybridized carbons (Fsp3) is 0.364. The van der Waals surface area contributed by atoms with Crippen LogP contribution in [0.15, 0.2) is 5.38 Å². The normalized spacial score (nSPS) is 10.7. The lowest BCUT2D eigenvalue weighted by atomic mass is 10.2. The van der Waals surface area contributed by atoms with Gasteiger partial charge in [-0.1, -0.05) is 0 Å². The topological polar surface area (TPSA) is 64.7 Å². The minimum Gasteiger partial charge on any atom is -0.383 e. The Morgan fingerprint density at radius 2 is 1.94 bits per heavy atom. The van der Waals surface area contributed by atoms with E-state index in [1.54, 1.807) is 11.3 Å². The Labute approximate surface area is 98.6 Å². The van der Waals surface area contributed by atoms with E-state index in [-0.39, 0.29) is 0 Å². The molecule has 0 saturated carbocycles. The highest BCUT2D eigenvalue weighted by Crippen LogP contribution is 2.15. The van der Waals surface area contributed by atoms with Crippen LogP contribution in [0.5, 0.6) is 0 Å². The van der Waals surface area contributed by atoms with Gasteiger partial charge in [-0.25, -0.2) is 15.0 Å². The molecule has 0 aliphatic rings. The van der Waals surface area contributed by atoms with E-state index in [0.717, 1.165) is 27.8 Å². The predicted octanol–water partition coefficient (Wildman–Crippen LogP) is 2.03. The van der Waals surface area contributed by atoms with Gasteiger partial charge in [-0.15, -0.1) is 11.3 Å². The first-order valence-corrected chi connectivity index (χ1v) is 5.95. The van der Waals surface area contributed by atoms with Crippen LogP contribution in [-0.4, -0.2) is 15.0 Å². The molecule has 5 heteroatoms. The van der Waals surface area contributed by atoms with Crippen LogP contribution in [0.25, 0.3) is 0 Å². The summed E-state index contributed by atoms with van der Waals surface area (Å²) < 4.78 is 0. The zero-order valence-electron chi connectivity index (χ0n) is 9.61. The molecule has 0 aliphatic heterocycles. The van der Waals surface area contributed by atoms with Crippen LogP contribution < -0.4 is 5.73 Å². The van der Waals surface area contributed by atoms with Crippen LogP contribution in [0.4, 0.5) is 5.82 Å². The lowest BCUT2D eigenvalue weighted by Gasteiger charge is -2.05. The maximum atomic E-state index is 5.81. The molecule has 0 unspecified atom stereocenters. The van der Waals surface area contributed by atoms with E-state index < -0.39 is 0 Å². The van der Waals surface area contributed by atoms with Gasteiger partial charge >= 0.3 is 0 Å². The lowest BCUT2D eigenvalue weighted by molar-refractivity contribution is 0.914. The van der Waals surface area contributed by atoms with E-state index in [0.29, 0.717) is 12.2 Å². The fourth-order valence-electron chi connectivity index (χ4n) is 1.44. The van der Waals surface area contributed by atoms with Crippen molar-refractivity contribution in [2.75, 3.05) is 5.73 Å². The Morgan fingerprint density at radius 1 is 1.19 bits per heavy atom. The first-order chi connectivity index (χ1) is 7.56. The smallest absolute Gasteiger partial charge is 0.136 e. The Balaban J connectivity index is 2.28. The highest BCUT2D eigenvalue weighted by molar-refractivity contribution is 7.09. The van der Waals surface area contributed by atoms with Gasteiger partial charge in [0.1, 0.15) is 11.6 Å². The van der Waals surface area contributed by atoms with E-state index in [2.05, 4.69) is 15.0 Å². The van der Waals surface area contributed by atoms with Crippen LogP contribution in [0.3, 0.4) is 0 Å². The van der Waals surface area contributed by atoms with Gasteiger partial charge in [-0.05, 0) is 20.8 Å². The second-order valence-electron chi connectivity index (χ2n) is 3.77. The number of hydrogen-bond acceptors (Lipinski definition) is 5. The number of hydrogen-bond donors (Lipinski definition) is 1. The fourth-order valence-corrected chi connectivity index (χ4v) is 2.05. The third kappa shape index (κ3) is 2.19. The molecule has 0 bridgehead atoms. The molecule has 16 heavy (non-hydrogen) atoms. The minimum absolute atomic E-state index is 0.564. The SMILES string of the molecule is Cc1nc(Cc2nc(C)c(C)c(N)n2)cs1. The molecule has 2 heterocycles. The van der Waals surface area contributed by atoms with Gasteiger partial charge in [0.2, 0.25) is 0 Å². The number of thiazole rings is 1. The molecule has 0 aromatic carbocycles. The van der Waals surface area contributed by atoms with Crippen molar-refractivity contribution in [3.05, 3.63) is 33.2 Å². The van der Waals surface area contributed by atoms with Crippen molar-refractivity contribution in [1.82, 2.24) is 15.0 Å². The Bertz CT molecular complexity index is 495. The molecule has 4 nitrogen and oxygen atoms in total. The summed E-state index contributed by atoms with van der Waals surface area (Å²) in [4.78, 5) is 13.1. The number of aromatic nitrogens is 3. The summed E-state index contributed by atoms with van der Waals surface area (Å²) >= 11 is 1.64. The molecule has 2 aromatic rings. The van der Waals surface area contributed by atoms with Crippen molar-refractivity contribution >= 4 is 17.2 Å². The maximum Gasteiger partial charge on any atom is 0.136 e. The molecule has 2 rings (SSSR count). The molecule has 0 radical (unpaired) electrons. The van der Waals surface area contributed by atoms with Gasteiger partial charge in [0.05, 0.1) is 17.1 Å². The van der Waals surface area contributed by atoms with E-state index in [1.807, 2.05) is 26.2 Å². The van der Waals surface area contributed by atoms with Crippen molar-refractivity contribution in [3.63, 3.8) is 0 Å². The molecule has 2 aromatic heterocycles. The predicted molar refractivity (Wildman–Crippen MR) is 65.6 cm³/mol. The van der Waals surface area contributed by atoms with E-state index >= 15 is 0 Å². The summed E-state index contributed by atoms with van der Waals surface area (Å²) in [5.74, 6) is 1.31. The van der Waals surface area contributed by atoms with Crippen LogP contribution in [0, 0.1) is 20.8 Å². The summed E-state index contributed by atoms with van der Waals surface area (Å²) in [6.07, 6.45) is 0.648. The molecule has 0 saturated heterocycles. The number of nitrogens with zero attached hydrogens (tertiary/aromatic N) is 3. The highest BCUT2D eigenvalue weighted by Gasteiger charge is 2.07. The minimum atomic E-state index is 0.564. The van der Waals surface area contributed by atoms with Crippen molar-refractivity contribution in [3.8, 4) is 0 Å². The largest absolute Gasteiger partial charge is 0.383 e. The maximum absolute atomic E-state index is 5.81.